The summed E-state index contributed by atoms with van der Waals surface area (Å²) >= 11 is 5.58. The van der Waals surface area contributed by atoms with Gasteiger partial charge in [-0.15, -0.1) is 0 Å². The van der Waals surface area contributed by atoms with Crippen molar-refractivity contribution in [1.29, 1.82) is 0 Å². The van der Waals surface area contributed by atoms with E-state index in [1.165, 1.54) is 24.3 Å². The molecule has 82 valence electrons. The quantitative estimate of drug-likeness (QED) is 0.837. The van der Waals surface area contributed by atoms with Crippen LogP contribution in [0.1, 0.15) is 5.56 Å². The van der Waals surface area contributed by atoms with Gasteiger partial charge in [0.05, 0.1) is 5.57 Å². The molecule has 0 aromatic heterocycles. The predicted octanol–water partition coefficient (Wildman–Crippen LogP) is 3.24. The Kier molecular flexibility index (Phi) is 3.77. The standard InChI is InChI=1S/C10H9ClF3N/c11-8-3-1-7(2-4-8)9(5-6-15)10(12,13)14/h1-5H,6,15H2/b9-5+. The van der Waals surface area contributed by atoms with Crippen LogP contribution in [-0.2, 0) is 0 Å². The first kappa shape index (κ1) is 12.1. The topological polar surface area (TPSA) is 26.0 Å². The van der Waals surface area contributed by atoms with Gasteiger partial charge in [0.25, 0.3) is 0 Å². The second-order valence-corrected chi connectivity index (χ2v) is 3.29. The van der Waals surface area contributed by atoms with Crippen molar-refractivity contribution in [2.75, 3.05) is 6.54 Å². The van der Waals surface area contributed by atoms with Crippen LogP contribution in [0.25, 0.3) is 5.57 Å². The lowest BCUT2D eigenvalue weighted by atomic mass is 10.1. The Hall–Kier alpha value is -1.00. The molecule has 0 fully saturated rings. The second kappa shape index (κ2) is 4.68. The molecule has 0 heterocycles. The molecule has 0 atom stereocenters. The molecule has 15 heavy (non-hydrogen) atoms. The summed E-state index contributed by atoms with van der Waals surface area (Å²) in [6.45, 7) is -0.155. The maximum atomic E-state index is 12.5. The van der Waals surface area contributed by atoms with Crippen molar-refractivity contribution in [3.63, 3.8) is 0 Å². The molecule has 0 radical (unpaired) electrons. The first-order chi connectivity index (χ1) is 6.95. The molecule has 0 aliphatic carbocycles. The minimum Gasteiger partial charge on any atom is -0.327 e. The lowest BCUT2D eigenvalue weighted by Crippen LogP contribution is -2.12. The lowest BCUT2D eigenvalue weighted by molar-refractivity contribution is -0.0690. The summed E-state index contributed by atoms with van der Waals surface area (Å²) in [6, 6.07) is 5.45. The van der Waals surface area contributed by atoms with Crippen LogP contribution in [0.4, 0.5) is 13.2 Å². The van der Waals surface area contributed by atoms with Crippen LogP contribution in [0.3, 0.4) is 0 Å². The Labute approximate surface area is 90.3 Å². The van der Waals surface area contributed by atoms with E-state index < -0.39 is 11.7 Å². The number of hydrogen-bond acceptors (Lipinski definition) is 1. The molecular weight excluding hydrogens is 227 g/mol. The van der Waals surface area contributed by atoms with Crippen LogP contribution < -0.4 is 5.73 Å². The van der Waals surface area contributed by atoms with Gasteiger partial charge in [-0.2, -0.15) is 13.2 Å². The minimum atomic E-state index is -4.40. The molecule has 0 unspecified atom stereocenters. The van der Waals surface area contributed by atoms with E-state index >= 15 is 0 Å². The summed E-state index contributed by atoms with van der Waals surface area (Å²) in [6.07, 6.45) is -3.45. The third-order valence-electron chi connectivity index (χ3n) is 1.78. The van der Waals surface area contributed by atoms with Crippen LogP contribution in [0.5, 0.6) is 0 Å². The molecular formula is C10H9ClF3N. The van der Waals surface area contributed by atoms with Gasteiger partial charge in [0.15, 0.2) is 0 Å². The Morgan fingerprint density at radius 2 is 1.80 bits per heavy atom. The Morgan fingerprint density at radius 1 is 1.27 bits per heavy atom. The van der Waals surface area contributed by atoms with Crippen molar-refractivity contribution < 1.29 is 13.2 Å². The number of allylic oxidation sites excluding steroid dienone is 1. The number of hydrogen-bond donors (Lipinski definition) is 1. The van der Waals surface area contributed by atoms with Crippen LogP contribution in [0.15, 0.2) is 30.3 Å². The molecule has 0 amide bonds. The molecule has 0 aliphatic heterocycles. The average molecular weight is 236 g/mol. The lowest BCUT2D eigenvalue weighted by Gasteiger charge is -2.11. The minimum absolute atomic E-state index is 0.0670. The molecule has 2 N–H and O–H groups in total. The summed E-state index contributed by atoms with van der Waals surface area (Å²) in [7, 11) is 0. The van der Waals surface area contributed by atoms with E-state index in [0.29, 0.717) is 5.02 Å². The zero-order valence-electron chi connectivity index (χ0n) is 7.68. The molecule has 0 spiro atoms. The van der Waals surface area contributed by atoms with Gasteiger partial charge >= 0.3 is 6.18 Å². The highest BCUT2D eigenvalue weighted by atomic mass is 35.5. The highest BCUT2D eigenvalue weighted by Gasteiger charge is 2.34. The molecule has 5 heteroatoms. The second-order valence-electron chi connectivity index (χ2n) is 2.86. The number of benzene rings is 1. The predicted molar refractivity (Wildman–Crippen MR) is 54.5 cm³/mol. The summed E-state index contributed by atoms with van der Waals surface area (Å²) < 4.78 is 37.6. The first-order valence-electron chi connectivity index (χ1n) is 4.18. The van der Waals surface area contributed by atoms with Crippen molar-refractivity contribution in [2.45, 2.75) is 6.18 Å². The monoisotopic (exact) mass is 235 g/mol. The number of halogens is 4. The van der Waals surface area contributed by atoms with Crippen molar-refractivity contribution in [3.05, 3.63) is 40.9 Å². The van der Waals surface area contributed by atoms with Gasteiger partial charge in [0, 0.05) is 11.6 Å². The van der Waals surface area contributed by atoms with E-state index in [-0.39, 0.29) is 12.1 Å². The number of alkyl halides is 3. The van der Waals surface area contributed by atoms with Gasteiger partial charge in [0.1, 0.15) is 0 Å². The van der Waals surface area contributed by atoms with Gasteiger partial charge in [-0.1, -0.05) is 29.8 Å². The molecule has 1 nitrogen and oxygen atoms in total. The van der Waals surface area contributed by atoms with Gasteiger partial charge < -0.3 is 5.73 Å². The molecule has 1 aromatic carbocycles. The van der Waals surface area contributed by atoms with Crippen LogP contribution >= 0.6 is 11.6 Å². The molecule has 0 bridgehead atoms. The van der Waals surface area contributed by atoms with Crippen LogP contribution in [-0.4, -0.2) is 12.7 Å². The fourth-order valence-corrected chi connectivity index (χ4v) is 1.27. The maximum absolute atomic E-state index is 12.5. The summed E-state index contributed by atoms with van der Waals surface area (Å²) in [5.41, 5.74) is 4.42. The smallest absolute Gasteiger partial charge is 0.327 e. The first-order valence-corrected chi connectivity index (χ1v) is 4.56. The fourth-order valence-electron chi connectivity index (χ4n) is 1.14. The number of nitrogens with two attached hydrogens (primary N) is 1. The van der Waals surface area contributed by atoms with E-state index in [9.17, 15) is 13.2 Å². The van der Waals surface area contributed by atoms with E-state index in [1.807, 2.05) is 0 Å². The van der Waals surface area contributed by atoms with Gasteiger partial charge in [0.2, 0.25) is 0 Å². The number of rotatable bonds is 2. The van der Waals surface area contributed by atoms with Gasteiger partial charge in [-0.05, 0) is 17.7 Å². The highest BCUT2D eigenvalue weighted by molar-refractivity contribution is 6.30. The van der Waals surface area contributed by atoms with E-state index in [4.69, 9.17) is 17.3 Å². The van der Waals surface area contributed by atoms with Crippen molar-refractivity contribution in [2.24, 2.45) is 5.73 Å². The SMILES string of the molecule is NC/C=C(\c1ccc(Cl)cc1)C(F)(F)F. The maximum Gasteiger partial charge on any atom is 0.416 e. The largest absolute Gasteiger partial charge is 0.416 e. The molecule has 0 saturated carbocycles. The molecule has 0 saturated heterocycles. The van der Waals surface area contributed by atoms with E-state index in [2.05, 4.69) is 0 Å². The summed E-state index contributed by atoms with van der Waals surface area (Å²) in [5.74, 6) is 0. The average Bonchev–Trinajstić information content (AvgIpc) is 2.14. The fraction of sp³-hybridized carbons (Fsp3) is 0.200. The van der Waals surface area contributed by atoms with Crippen molar-refractivity contribution in [1.82, 2.24) is 0 Å². The molecule has 1 rings (SSSR count). The van der Waals surface area contributed by atoms with E-state index in [0.717, 1.165) is 6.08 Å². The molecule has 1 aromatic rings. The van der Waals surface area contributed by atoms with Gasteiger partial charge in [-0.25, -0.2) is 0 Å². The van der Waals surface area contributed by atoms with Crippen molar-refractivity contribution in [3.8, 4) is 0 Å². The van der Waals surface area contributed by atoms with E-state index in [1.54, 1.807) is 0 Å². The molecule has 0 aliphatic rings. The van der Waals surface area contributed by atoms with Crippen LogP contribution in [0, 0.1) is 0 Å². The third kappa shape index (κ3) is 3.25. The summed E-state index contributed by atoms with van der Waals surface area (Å²) in [4.78, 5) is 0. The zero-order valence-corrected chi connectivity index (χ0v) is 8.44. The zero-order chi connectivity index (χ0) is 11.5. The highest BCUT2D eigenvalue weighted by Crippen LogP contribution is 2.33. The normalized spacial score (nSPS) is 13.0. The Bertz CT molecular complexity index is 354. The third-order valence-corrected chi connectivity index (χ3v) is 2.03. The van der Waals surface area contributed by atoms with Crippen LogP contribution in [0.2, 0.25) is 5.02 Å². The van der Waals surface area contributed by atoms with Crippen molar-refractivity contribution >= 4 is 17.2 Å². The Balaban J connectivity index is 3.11. The van der Waals surface area contributed by atoms with Gasteiger partial charge in [-0.3, -0.25) is 0 Å². The Morgan fingerprint density at radius 3 is 2.20 bits per heavy atom. The summed E-state index contributed by atoms with van der Waals surface area (Å²) in [5, 5.41) is 0.396.